The topological polar surface area (TPSA) is 93.8 Å². The van der Waals surface area contributed by atoms with Gasteiger partial charge < -0.3 is 14.6 Å². The zero-order valence-corrected chi connectivity index (χ0v) is 10.7. The van der Waals surface area contributed by atoms with Gasteiger partial charge in [-0.3, -0.25) is 10.6 Å². The second-order valence-electron chi connectivity index (χ2n) is 4.15. The van der Waals surface area contributed by atoms with Crippen LogP contribution in [0.25, 0.3) is 0 Å². The van der Waals surface area contributed by atoms with Crippen LogP contribution in [0.5, 0.6) is 11.5 Å². The van der Waals surface area contributed by atoms with Crippen molar-refractivity contribution >= 4 is 5.97 Å². The molecular formula is C12H18N2O4. The van der Waals surface area contributed by atoms with Crippen molar-refractivity contribution in [2.75, 3.05) is 14.2 Å². The first-order valence-corrected chi connectivity index (χ1v) is 5.39. The van der Waals surface area contributed by atoms with Crippen LogP contribution < -0.4 is 20.7 Å². The second kappa shape index (κ2) is 5.70. The summed E-state index contributed by atoms with van der Waals surface area (Å²) in [5.74, 6) is 5.43. The average Bonchev–Trinajstić information content (AvgIpc) is 2.38. The molecule has 0 spiro atoms. The number of nitrogens with two attached hydrogens (primary N) is 1. The summed E-state index contributed by atoms with van der Waals surface area (Å²) in [6, 6.07) is 5.24. The van der Waals surface area contributed by atoms with Gasteiger partial charge in [-0.1, -0.05) is 6.07 Å². The first kappa shape index (κ1) is 14.3. The Morgan fingerprint density at radius 2 is 2.00 bits per heavy atom. The molecule has 1 aromatic carbocycles. The van der Waals surface area contributed by atoms with Crippen LogP contribution in [0.4, 0.5) is 0 Å². The molecule has 1 aromatic rings. The number of nitrogens with one attached hydrogen (secondary N) is 1. The third-order valence-electron chi connectivity index (χ3n) is 2.80. The lowest BCUT2D eigenvalue weighted by atomic mass is 9.93. The number of hydrogen-bond acceptors (Lipinski definition) is 5. The van der Waals surface area contributed by atoms with Gasteiger partial charge in [-0.15, -0.1) is 0 Å². The molecule has 6 heteroatoms. The molecule has 0 aliphatic rings. The molecule has 0 fully saturated rings. The van der Waals surface area contributed by atoms with E-state index in [1.165, 1.54) is 14.0 Å². The predicted molar refractivity (Wildman–Crippen MR) is 66.6 cm³/mol. The lowest BCUT2D eigenvalue weighted by molar-refractivity contribution is -0.144. The Hall–Kier alpha value is -1.79. The van der Waals surface area contributed by atoms with Crippen molar-refractivity contribution in [2.24, 2.45) is 5.84 Å². The van der Waals surface area contributed by atoms with Gasteiger partial charge in [0.05, 0.1) is 14.2 Å². The van der Waals surface area contributed by atoms with E-state index in [2.05, 4.69) is 5.43 Å². The number of hydrazine groups is 1. The molecule has 0 aromatic heterocycles. The van der Waals surface area contributed by atoms with Crippen molar-refractivity contribution in [3.8, 4) is 11.5 Å². The number of ether oxygens (including phenoxy) is 2. The van der Waals surface area contributed by atoms with Crippen molar-refractivity contribution in [3.63, 3.8) is 0 Å². The monoisotopic (exact) mass is 254 g/mol. The molecular weight excluding hydrogens is 236 g/mol. The standard InChI is InChI=1S/C12H18N2O4/c1-12(14-13,11(15)16)7-8-4-5-9(17-2)10(6-8)18-3/h4-6,14H,7,13H2,1-3H3,(H,15,16). The third-order valence-corrected chi connectivity index (χ3v) is 2.80. The van der Waals surface area contributed by atoms with Crippen LogP contribution in [0, 0.1) is 0 Å². The summed E-state index contributed by atoms with van der Waals surface area (Å²) in [5, 5.41) is 9.12. The van der Waals surface area contributed by atoms with Crippen molar-refractivity contribution in [1.29, 1.82) is 0 Å². The molecule has 1 atom stereocenters. The van der Waals surface area contributed by atoms with E-state index in [0.29, 0.717) is 11.5 Å². The highest BCUT2D eigenvalue weighted by molar-refractivity contribution is 5.78. The summed E-state index contributed by atoms with van der Waals surface area (Å²) in [4.78, 5) is 11.1. The molecule has 4 N–H and O–H groups in total. The van der Waals surface area contributed by atoms with E-state index < -0.39 is 11.5 Å². The maximum absolute atomic E-state index is 11.1. The molecule has 100 valence electrons. The van der Waals surface area contributed by atoms with E-state index in [-0.39, 0.29) is 6.42 Å². The molecule has 1 rings (SSSR count). The van der Waals surface area contributed by atoms with Crippen LogP contribution in [0.15, 0.2) is 18.2 Å². The molecule has 0 heterocycles. The Morgan fingerprint density at radius 1 is 1.39 bits per heavy atom. The van der Waals surface area contributed by atoms with Crippen molar-refractivity contribution in [1.82, 2.24) is 5.43 Å². The highest BCUT2D eigenvalue weighted by atomic mass is 16.5. The Bertz CT molecular complexity index is 436. The fourth-order valence-corrected chi connectivity index (χ4v) is 1.59. The van der Waals surface area contributed by atoms with Gasteiger partial charge in [0.25, 0.3) is 0 Å². The number of methoxy groups -OCH3 is 2. The van der Waals surface area contributed by atoms with Gasteiger partial charge in [0.1, 0.15) is 5.54 Å². The molecule has 0 aliphatic heterocycles. The number of carboxylic acids is 1. The minimum absolute atomic E-state index is 0.235. The summed E-state index contributed by atoms with van der Waals surface area (Å²) in [7, 11) is 3.07. The largest absolute Gasteiger partial charge is 0.493 e. The lowest BCUT2D eigenvalue weighted by Gasteiger charge is -2.24. The average molecular weight is 254 g/mol. The summed E-state index contributed by atoms with van der Waals surface area (Å²) in [6.07, 6.45) is 0.235. The van der Waals surface area contributed by atoms with Crippen LogP contribution in [0.3, 0.4) is 0 Å². The van der Waals surface area contributed by atoms with Crippen LogP contribution in [-0.2, 0) is 11.2 Å². The number of carboxylic acid groups (broad SMARTS) is 1. The van der Waals surface area contributed by atoms with Gasteiger partial charge in [-0.2, -0.15) is 0 Å². The Morgan fingerprint density at radius 3 is 2.44 bits per heavy atom. The Kier molecular flexibility index (Phi) is 4.52. The maximum Gasteiger partial charge on any atom is 0.325 e. The van der Waals surface area contributed by atoms with Crippen LogP contribution >= 0.6 is 0 Å². The van der Waals surface area contributed by atoms with Crippen LogP contribution in [0.2, 0.25) is 0 Å². The minimum Gasteiger partial charge on any atom is -0.493 e. The summed E-state index contributed by atoms with van der Waals surface area (Å²) in [5.41, 5.74) is 1.89. The lowest BCUT2D eigenvalue weighted by Crippen LogP contribution is -2.54. The molecule has 18 heavy (non-hydrogen) atoms. The number of carbonyl (C=O) groups is 1. The van der Waals surface area contributed by atoms with Gasteiger partial charge in [0, 0.05) is 6.42 Å². The van der Waals surface area contributed by atoms with Crippen molar-refractivity contribution in [2.45, 2.75) is 18.9 Å². The molecule has 0 bridgehead atoms. The van der Waals surface area contributed by atoms with Crippen LogP contribution in [-0.4, -0.2) is 30.8 Å². The zero-order chi connectivity index (χ0) is 13.8. The van der Waals surface area contributed by atoms with Gasteiger partial charge in [0.2, 0.25) is 0 Å². The Labute approximate surface area is 106 Å². The molecule has 0 aliphatic carbocycles. The van der Waals surface area contributed by atoms with Crippen molar-refractivity contribution < 1.29 is 19.4 Å². The SMILES string of the molecule is COc1ccc(CC(C)(NN)C(=O)O)cc1OC. The first-order valence-electron chi connectivity index (χ1n) is 5.39. The molecule has 0 saturated heterocycles. The minimum atomic E-state index is -1.22. The zero-order valence-electron chi connectivity index (χ0n) is 10.7. The number of rotatable bonds is 6. The van der Waals surface area contributed by atoms with Gasteiger partial charge in [-0.05, 0) is 24.6 Å². The van der Waals surface area contributed by atoms with E-state index >= 15 is 0 Å². The summed E-state index contributed by atoms with van der Waals surface area (Å²) in [6.45, 7) is 1.52. The summed E-state index contributed by atoms with van der Waals surface area (Å²) >= 11 is 0. The van der Waals surface area contributed by atoms with E-state index in [4.69, 9.17) is 20.4 Å². The third kappa shape index (κ3) is 2.91. The molecule has 6 nitrogen and oxygen atoms in total. The number of aliphatic carboxylic acids is 1. The van der Waals surface area contributed by atoms with E-state index in [9.17, 15) is 4.79 Å². The van der Waals surface area contributed by atoms with Gasteiger partial charge in [-0.25, -0.2) is 5.43 Å². The maximum atomic E-state index is 11.1. The first-order chi connectivity index (χ1) is 8.46. The summed E-state index contributed by atoms with van der Waals surface area (Å²) < 4.78 is 10.3. The van der Waals surface area contributed by atoms with E-state index in [1.807, 2.05) is 0 Å². The second-order valence-corrected chi connectivity index (χ2v) is 4.15. The smallest absolute Gasteiger partial charge is 0.325 e. The normalized spacial score (nSPS) is 13.8. The number of benzene rings is 1. The molecule has 1 unspecified atom stereocenters. The van der Waals surface area contributed by atoms with Gasteiger partial charge in [0.15, 0.2) is 11.5 Å². The van der Waals surface area contributed by atoms with E-state index in [0.717, 1.165) is 5.56 Å². The fraction of sp³-hybridized carbons (Fsp3) is 0.417. The highest BCUT2D eigenvalue weighted by Crippen LogP contribution is 2.28. The quantitative estimate of drug-likeness (QED) is 0.507. The fourth-order valence-electron chi connectivity index (χ4n) is 1.59. The molecule has 0 saturated carbocycles. The van der Waals surface area contributed by atoms with Crippen molar-refractivity contribution in [3.05, 3.63) is 23.8 Å². The molecule has 0 amide bonds. The van der Waals surface area contributed by atoms with Crippen LogP contribution in [0.1, 0.15) is 12.5 Å². The van der Waals surface area contributed by atoms with E-state index in [1.54, 1.807) is 25.3 Å². The Balaban J connectivity index is 3.01. The van der Waals surface area contributed by atoms with Gasteiger partial charge >= 0.3 is 5.97 Å². The number of hydrogen-bond donors (Lipinski definition) is 3. The highest BCUT2D eigenvalue weighted by Gasteiger charge is 2.32. The predicted octanol–water partition coefficient (Wildman–Crippen LogP) is 0.553. The molecule has 0 radical (unpaired) electrons.